The zero-order chi connectivity index (χ0) is 15.5. The molecular weight excluding hydrogens is 351 g/mol. The van der Waals surface area contributed by atoms with Crippen LogP contribution >= 0.6 is 24.8 Å². The highest BCUT2D eigenvalue weighted by molar-refractivity contribution is 5.92. The Balaban J connectivity index is 0.00000144. The number of nitrogens with zero attached hydrogens (tertiary/aromatic N) is 3. The van der Waals surface area contributed by atoms with E-state index in [4.69, 9.17) is 5.73 Å². The number of hydrogen-bond acceptors (Lipinski definition) is 5. The molecular formula is C16H20Cl2N4O2. The number of nitrogens with two attached hydrogens (primary N) is 1. The van der Waals surface area contributed by atoms with E-state index in [9.17, 15) is 9.90 Å². The van der Waals surface area contributed by atoms with Crippen LogP contribution in [0.2, 0.25) is 0 Å². The third-order valence-electron chi connectivity index (χ3n) is 3.79. The van der Waals surface area contributed by atoms with Gasteiger partial charge in [0.25, 0.3) is 5.91 Å². The predicted molar refractivity (Wildman–Crippen MR) is 99.4 cm³/mol. The van der Waals surface area contributed by atoms with Gasteiger partial charge in [0.2, 0.25) is 0 Å². The summed E-state index contributed by atoms with van der Waals surface area (Å²) < 4.78 is 0. The van der Waals surface area contributed by atoms with E-state index in [2.05, 4.69) is 9.88 Å². The molecule has 2 aromatic rings. The number of aromatic hydroxyl groups is 1. The van der Waals surface area contributed by atoms with E-state index < -0.39 is 0 Å². The summed E-state index contributed by atoms with van der Waals surface area (Å²) in [5.74, 6) is 0.192. The maximum Gasteiger partial charge on any atom is 0.272 e. The Hall–Kier alpha value is -2.18. The van der Waals surface area contributed by atoms with Crippen molar-refractivity contribution in [2.45, 2.75) is 0 Å². The standard InChI is InChI=1S/C16H18N4O2.2ClH/c17-12-1-6-15(18-11-12)16(22)20-9-7-19(8-10-20)13-2-4-14(21)5-3-13;;/h1-6,11,21H,7-10,17H2;2*1H. The Morgan fingerprint density at radius 3 is 2.17 bits per heavy atom. The zero-order valence-electron chi connectivity index (χ0n) is 13.0. The van der Waals surface area contributed by atoms with Crippen LogP contribution in [0, 0.1) is 0 Å². The van der Waals surface area contributed by atoms with Gasteiger partial charge < -0.3 is 20.6 Å². The number of piperazine rings is 1. The number of hydrogen-bond donors (Lipinski definition) is 2. The first-order chi connectivity index (χ1) is 10.6. The molecule has 6 nitrogen and oxygen atoms in total. The van der Waals surface area contributed by atoms with Gasteiger partial charge in [0, 0.05) is 31.9 Å². The molecule has 8 heteroatoms. The molecule has 0 saturated carbocycles. The summed E-state index contributed by atoms with van der Waals surface area (Å²) in [7, 11) is 0. The summed E-state index contributed by atoms with van der Waals surface area (Å²) in [6, 6.07) is 10.5. The second kappa shape index (κ2) is 8.61. The fraction of sp³-hybridized carbons (Fsp3) is 0.250. The normalized spacial score (nSPS) is 13.7. The number of pyridine rings is 1. The van der Waals surface area contributed by atoms with Crippen molar-refractivity contribution < 1.29 is 9.90 Å². The molecule has 3 N–H and O–H groups in total. The molecule has 2 heterocycles. The Morgan fingerprint density at radius 2 is 1.62 bits per heavy atom. The van der Waals surface area contributed by atoms with Crippen LogP contribution in [-0.4, -0.2) is 47.1 Å². The van der Waals surface area contributed by atoms with Crippen LogP contribution < -0.4 is 10.6 Å². The Morgan fingerprint density at radius 1 is 1.00 bits per heavy atom. The summed E-state index contributed by atoms with van der Waals surface area (Å²) >= 11 is 0. The largest absolute Gasteiger partial charge is 0.508 e. The summed E-state index contributed by atoms with van der Waals surface area (Å²) in [5.41, 5.74) is 7.61. The molecule has 1 aromatic carbocycles. The van der Waals surface area contributed by atoms with Crippen LogP contribution in [0.3, 0.4) is 0 Å². The van der Waals surface area contributed by atoms with Gasteiger partial charge in [-0.3, -0.25) is 4.79 Å². The van der Waals surface area contributed by atoms with Gasteiger partial charge in [0.15, 0.2) is 0 Å². The summed E-state index contributed by atoms with van der Waals surface area (Å²) in [6.45, 7) is 2.80. The smallest absolute Gasteiger partial charge is 0.272 e. The molecule has 130 valence electrons. The fourth-order valence-electron chi connectivity index (χ4n) is 2.52. The average Bonchev–Trinajstić information content (AvgIpc) is 2.56. The molecule has 0 spiro atoms. The molecule has 3 rings (SSSR count). The lowest BCUT2D eigenvalue weighted by molar-refractivity contribution is 0.0741. The van der Waals surface area contributed by atoms with Gasteiger partial charge in [0.05, 0.1) is 11.9 Å². The van der Waals surface area contributed by atoms with Gasteiger partial charge in [0.1, 0.15) is 11.4 Å². The van der Waals surface area contributed by atoms with Gasteiger partial charge in [-0.1, -0.05) is 0 Å². The summed E-state index contributed by atoms with van der Waals surface area (Å²) in [6.07, 6.45) is 1.50. The molecule has 0 bridgehead atoms. The van der Waals surface area contributed by atoms with E-state index >= 15 is 0 Å². The maximum absolute atomic E-state index is 12.4. The molecule has 1 saturated heterocycles. The van der Waals surface area contributed by atoms with Gasteiger partial charge in [-0.25, -0.2) is 4.98 Å². The lowest BCUT2D eigenvalue weighted by Crippen LogP contribution is -2.49. The van der Waals surface area contributed by atoms with Crippen LogP contribution in [0.15, 0.2) is 42.6 Å². The number of aromatic nitrogens is 1. The van der Waals surface area contributed by atoms with Gasteiger partial charge in [-0.05, 0) is 36.4 Å². The second-order valence-electron chi connectivity index (χ2n) is 5.27. The molecule has 24 heavy (non-hydrogen) atoms. The molecule has 0 unspecified atom stereocenters. The Labute approximate surface area is 153 Å². The zero-order valence-corrected chi connectivity index (χ0v) is 14.6. The summed E-state index contributed by atoms with van der Waals surface area (Å²) in [4.78, 5) is 20.4. The van der Waals surface area contributed by atoms with Gasteiger partial charge in [-0.2, -0.15) is 0 Å². The quantitative estimate of drug-likeness (QED) is 0.846. The minimum atomic E-state index is -0.0645. The van der Waals surface area contributed by atoms with Crippen molar-refractivity contribution in [2.24, 2.45) is 0 Å². The fourth-order valence-corrected chi connectivity index (χ4v) is 2.52. The first-order valence-electron chi connectivity index (χ1n) is 7.18. The number of nitrogen functional groups attached to an aromatic ring is 1. The van der Waals surface area contributed by atoms with Crippen molar-refractivity contribution in [3.05, 3.63) is 48.3 Å². The third-order valence-corrected chi connectivity index (χ3v) is 3.79. The molecule has 1 aliphatic rings. The predicted octanol–water partition coefficient (Wildman–Crippen LogP) is 2.18. The van der Waals surface area contributed by atoms with E-state index in [-0.39, 0.29) is 36.5 Å². The molecule has 1 fully saturated rings. The number of phenolic OH excluding ortho intramolecular Hbond substituents is 1. The molecule has 1 aliphatic heterocycles. The van der Waals surface area contributed by atoms with Crippen LogP contribution in [0.25, 0.3) is 0 Å². The highest BCUT2D eigenvalue weighted by atomic mass is 35.5. The highest BCUT2D eigenvalue weighted by Crippen LogP contribution is 2.20. The minimum absolute atomic E-state index is 0. The first kappa shape index (κ1) is 19.9. The third kappa shape index (κ3) is 4.43. The van der Waals surface area contributed by atoms with Crippen molar-refractivity contribution in [3.8, 4) is 5.75 Å². The van der Waals surface area contributed by atoms with Crippen molar-refractivity contribution in [2.75, 3.05) is 36.8 Å². The van der Waals surface area contributed by atoms with Crippen LogP contribution in [-0.2, 0) is 0 Å². The lowest BCUT2D eigenvalue weighted by atomic mass is 10.2. The number of amides is 1. The number of benzene rings is 1. The van der Waals surface area contributed by atoms with E-state index in [1.165, 1.54) is 6.20 Å². The Bertz CT molecular complexity index is 657. The monoisotopic (exact) mass is 370 g/mol. The topological polar surface area (TPSA) is 82.7 Å². The van der Waals surface area contributed by atoms with Crippen LogP contribution in [0.4, 0.5) is 11.4 Å². The highest BCUT2D eigenvalue weighted by Gasteiger charge is 2.22. The molecule has 1 amide bonds. The molecule has 0 radical (unpaired) electrons. The molecule has 1 aromatic heterocycles. The SMILES string of the molecule is Cl.Cl.Nc1ccc(C(=O)N2CCN(c3ccc(O)cc3)CC2)nc1. The number of phenols is 1. The van der Waals surface area contributed by atoms with Crippen LogP contribution in [0.5, 0.6) is 5.75 Å². The van der Waals surface area contributed by atoms with Gasteiger partial charge >= 0.3 is 0 Å². The van der Waals surface area contributed by atoms with Crippen LogP contribution in [0.1, 0.15) is 10.5 Å². The van der Waals surface area contributed by atoms with E-state index in [1.54, 1.807) is 29.2 Å². The van der Waals surface area contributed by atoms with Gasteiger partial charge in [-0.15, -0.1) is 24.8 Å². The van der Waals surface area contributed by atoms with E-state index in [1.807, 2.05) is 12.1 Å². The Kier molecular flexibility index (Phi) is 7.13. The number of carbonyl (C=O) groups is 1. The lowest BCUT2D eigenvalue weighted by Gasteiger charge is -2.36. The van der Waals surface area contributed by atoms with Crippen molar-refractivity contribution in [1.29, 1.82) is 0 Å². The average molecular weight is 371 g/mol. The van der Waals surface area contributed by atoms with Crippen molar-refractivity contribution >= 4 is 42.1 Å². The van der Waals surface area contributed by atoms with Crippen molar-refractivity contribution in [3.63, 3.8) is 0 Å². The van der Waals surface area contributed by atoms with Crippen molar-refractivity contribution in [1.82, 2.24) is 9.88 Å². The number of carbonyl (C=O) groups excluding carboxylic acids is 1. The number of halogens is 2. The minimum Gasteiger partial charge on any atom is -0.508 e. The van der Waals surface area contributed by atoms with E-state index in [0.717, 1.165) is 18.8 Å². The molecule has 0 aliphatic carbocycles. The molecule has 0 atom stereocenters. The number of anilines is 2. The maximum atomic E-state index is 12.4. The van der Waals surface area contributed by atoms with E-state index in [0.29, 0.717) is 24.5 Å². The second-order valence-corrected chi connectivity index (χ2v) is 5.27. The first-order valence-corrected chi connectivity index (χ1v) is 7.18. The summed E-state index contributed by atoms with van der Waals surface area (Å²) in [5, 5.41) is 9.33. The number of rotatable bonds is 2.